The standard InChI is InChI=1S/C21H23F3N4O2S/c22-21(23,24)14-4-3-5-15(12-14)25-20-26-17(13-31-20)19(30)28(16-6-7-16)11-8-18(29)27-9-1-2-10-27/h3-5,12-13,16H,1-2,6-11H2,(H,25,26). The van der Waals surface area contributed by atoms with E-state index < -0.39 is 11.7 Å². The van der Waals surface area contributed by atoms with Gasteiger partial charge in [0.1, 0.15) is 5.69 Å². The lowest BCUT2D eigenvalue weighted by molar-refractivity contribution is -0.137. The van der Waals surface area contributed by atoms with E-state index >= 15 is 0 Å². The van der Waals surface area contributed by atoms with Gasteiger partial charge in [0.2, 0.25) is 5.91 Å². The van der Waals surface area contributed by atoms with E-state index in [-0.39, 0.29) is 29.2 Å². The van der Waals surface area contributed by atoms with E-state index in [4.69, 9.17) is 0 Å². The van der Waals surface area contributed by atoms with Crippen LogP contribution in [0.1, 0.15) is 48.2 Å². The van der Waals surface area contributed by atoms with Crippen LogP contribution < -0.4 is 5.32 Å². The van der Waals surface area contributed by atoms with Crippen molar-refractivity contribution in [2.24, 2.45) is 0 Å². The molecule has 1 saturated heterocycles. The van der Waals surface area contributed by atoms with Crippen LogP contribution in [0.25, 0.3) is 0 Å². The molecule has 0 radical (unpaired) electrons. The van der Waals surface area contributed by atoms with Crippen molar-refractivity contribution in [2.75, 3.05) is 25.0 Å². The zero-order valence-corrected chi connectivity index (χ0v) is 17.6. The summed E-state index contributed by atoms with van der Waals surface area (Å²) < 4.78 is 38.7. The van der Waals surface area contributed by atoms with Crippen LogP contribution in [0.2, 0.25) is 0 Å². The number of amides is 2. The zero-order valence-electron chi connectivity index (χ0n) is 16.8. The first-order valence-electron chi connectivity index (χ1n) is 10.3. The van der Waals surface area contributed by atoms with Crippen molar-refractivity contribution in [3.63, 3.8) is 0 Å². The van der Waals surface area contributed by atoms with E-state index in [9.17, 15) is 22.8 Å². The van der Waals surface area contributed by atoms with Gasteiger partial charge in [0.15, 0.2) is 5.13 Å². The molecule has 4 rings (SSSR count). The number of halogens is 3. The van der Waals surface area contributed by atoms with E-state index in [0.29, 0.717) is 18.1 Å². The first-order valence-corrected chi connectivity index (χ1v) is 11.2. The maximum absolute atomic E-state index is 13.0. The molecule has 1 aromatic heterocycles. The van der Waals surface area contributed by atoms with E-state index in [2.05, 4.69) is 10.3 Å². The van der Waals surface area contributed by atoms with Gasteiger partial charge in [0, 0.05) is 43.2 Å². The van der Waals surface area contributed by atoms with E-state index in [1.165, 1.54) is 12.1 Å². The number of rotatable bonds is 7. The number of aromatic nitrogens is 1. The molecule has 0 spiro atoms. The van der Waals surface area contributed by atoms with Crippen LogP contribution in [0.4, 0.5) is 24.0 Å². The van der Waals surface area contributed by atoms with Crippen LogP contribution in [0.5, 0.6) is 0 Å². The molecule has 2 fully saturated rings. The fourth-order valence-corrected chi connectivity index (χ4v) is 4.35. The lowest BCUT2D eigenvalue weighted by atomic mass is 10.2. The Hall–Kier alpha value is -2.62. The van der Waals surface area contributed by atoms with Gasteiger partial charge in [-0.25, -0.2) is 4.98 Å². The summed E-state index contributed by atoms with van der Waals surface area (Å²) >= 11 is 1.15. The summed E-state index contributed by atoms with van der Waals surface area (Å²) in [6.45, 7) is 1.92. The summed E-state index contributed by atoms with van der Waals surface area (Å²) in [7, 11) is 0. The predicted molar refractivity (Wildman–Crippen MR) is 111 cm³/mol. The number of alkyl halides is 3. The Morgan fingerprint density at radius 3 is 2.65 bits per heavy atom. The first-order chi connectivity index (χ1) is 14.8. The predicted octanol–water partition coefficient (Wildman–Crippen LogP) is 4.52. The van der Waals surface area contributed by atoms with Crippen LogP contribution in [-0.2, 0) is 11.0 Å². The number of benzene rings is 1. The van der Waals surface area contributed by atoms with Gasteiger partial charge in [0.05, 0.1) is 5.56 Å². The second kappa shape index (κ2) is 8.86. The molecule has 2 aliphatic rings. The summed E-state index contributed by atoms with van der Waals surface area (Å²) in [5.41, 5.74) is -0.272. The summed E-state index contributed by atoms with van der Waals surface area (Å²) in [6, 6.07) is 4.96. The maximum atomic E-state index is 13.0. The number of likely N-dealkylation sites (tertiary alicyclic amines) is 1. The van der Waals surface area contributed by atoms with Gasteiger partial charge < -0.3 is 15.1 Å². The third-order valence-corrected chi connectivity index (χ3v) is 6.20. The number of nitrogens with one attached hydrogen (secondary N) is 1. The molecule has 1 aromatic carbocycles. The fraction of sp³-hybridized carbons (Fsp3) is 0.476. The highest BCUT2D eigenvalue weighted by atomic mass is 32.1. The Morgan fingerprint density at radius 2 is 1.97 bits per heavy atom. The van der Waals surface area contributed by atoms with E-state index in [0.717, 1.165) is 62.2 Å². The highest BCUT2D eigenvalue weighted by molar-refractivity contribution is 7.14. The molecule has 31 heavy (non-hydrogen) atoms. The van der Waals surface area contributed by atoms with E-state index in [1.807, 2.05) is 4.90 Å². The van der Waals surface area contributed by atoms with Crippen LogP contribution in [-0.4, -0.2) is 52.3 Å². The van der Waals surface area contributed by atoms with Crippen LogP contribution >= 0.6 is 11.3 Å². The molecule has 2 heterocycles. The molecular formula is C21H23F3N4O2S. The van der Waals surface area contributed by atoms with Gasteiger partial charge in [-0.2, -0.15) is 13.2 Å². The van der Waals surface area contributed by atoms with Crippen LogP contribution in [0.3, 0.4) is 0 Å². The quantitative estimate of drug-likeness (QED) is 0.671. The lowest BCUT2D eigenvalue weighted by Crippen LogP contribution is -2.37. The molecular weight excluding hydrogens is 429 g/mol. The minimum absolute atomic E-state index is 0.0705. The number of carbonyl (C=O) groups is 2. The number of carbonyl (C=O) groups excluding carboxylic acids is 2. The van der Waals surface area contributed by atoms with Crippen molar-refractivity contribution >= 4 is 34.0 Å². The van der Waals surface area contributed by atoms with E-state index in [1.54, 1.807) is 10.3 Å². The second-order valence-corrected chi connectivity index (χ2v) is 8.67. The van der Waals surface area contributed by atoms with Gasteiger partial charge in [0.25, 0.3) is 5.91 Å². The molecule has 166 valence electrons. The first kappa shape index (κ1) is 21.6. The van der Waals surface area contributed by atoms with Gasteiger partial charge in [-0.1, -0.05) is 6.07 Å². The van der Waals surface area contributed by atoms with Crippen LogP contribution in [0.15, 0.2) is 29.6 Å². The van der Waals surface area contributed by atoms with Crippen molar-refractivity contribution in [3.05, 3.63) is 40.9 Å². The molecule has 0 atom stereocenters. The summed E-state index contributed by atoms with van der Waals surface area (Å²) in [5.74, 6) is -0.175. The molecule has 10 heteroatoms. The molecule has 6 nitrogen and oxygen atoms in total. The average molecular weight is 453 g/mol. The topological polar surface area (TPSA) is 65.5 Å². The highest BCUT2D eigenvalue weighted by Gasteiger charge is 2.35. The van der Waals surface area contributed by atoms with Crippen molar-refractivity contribution in [1.82, 2.24) is 14.8 Å². The summed E-state index contributed by atoms with van der Waals surface area (Å²) in [4.78, 5) is 33.1. The molecule has 0 bridgehead atoms. The number of hydrogen-bond acceptors (Lipinski definition) is 5. The minimum atomic E-state index is -4.43. The molecule has 1 aliphatic carbocycles. The van der Waals surface area contributed by atoms with Crippen molar-refractivity contribution in [3.8, 4) is 0 Å². The lowest BCUT2D eigenvalue weighted by Gasteiger charge is -2.23. The Kier molecular flexibility index (Phi) is 6.17. The van der Waals surface area contributed by atoms with Crippen LogP contribution in [0, 0.1) is 0 Å². The Morgan fingerprint density at radius 1 is 1.23 bits per heavy atom. The molecule has 1 saturated carbocycles. The fourth-order valence-electron chi connectivity index (χ4n) is 3.65. The minimum Gasteiger partial charge on any atom is -0.343 e. The SMILES string of the molecule is O=C(CCN(C(=O)c1csc(Nc2cccc(C(F)(F)F)c2)n1)C1CC1)N1CCCC1. The summed E-state index contributed by atoms with van der Waals surface area (Å²) in [5, 5.41) is 4.77. The maximum Gasteiger partial charge on any atom is 0.416 e. The average Bonchev–Trinajstić information content (AvgIpc) is 3.22. The monoisotopic (exact) mass is 452 g/mol. The molecule has 2 aromatic rings. The summed E-state index contributed by atoms with van der Waals surface area (Å²) in [6.07, 6.45) is -0.276. The van der Waals surface area contributed by atoms with Crippen molar-refractivity contribution in [2.45, 2.75) is 44.3 Å². The smallest absolute Gasteiger partial charge is 0.343 e. The Balaban J connectivity index is 1.40. The van der Waals surface area contributed by atoms with Crippen molar-refractivity contribution in [1.29, 1.82) is 0 Å². The van der Waals surface area contributed by atoms with Gasteiger partial charge in [-0.05, 0) is 43.9 Å². The second-order valence-electron chi connectivity index (χ2n) is 7.81. The number of nitrogens with zero attached hydrogens (tertiary/aromatic N) is 3. The molecule has 0 unspecified atom stereocenters. The number of thiazole rings is 1. The Bertz CT molecular complexity index is 952. The zero-order chi connectivity index (χ0) is 22.0. The van der Waals surface area contributed by atoms with Gasteiger partial charge in [-0.15, -0.1) is 11.3 Å². The molecule has 1 aliphatic heterocycles. The highest BCUT2D eigenvalue weighted by Crippen LogP contribution is 2.32. The number of hydrogen-bond donors (Lipinski definition) is 1. The van der Waals surface area contributed by atoms with Gasteiger partial charge in [-0.3, -0.25) is 9.59 Å². The largest absolute Gasteiger partial charge is 0.416 e. The molecule has 2 amide bonds. The number of anilines is 2. The third-order valence-electron chi connectivity index (χ3n) is 5.44. The Labute approximate surface area is 182 Å². The van der Waals surface area contributed by atoms with Crippen molar-refractivity contribution < 1.29 is 22.8 Å². The van der Waals surface area contributed by atoms with Gasteiger partial charge >= 0.3 is 6.18 Å². The third kappa shape index (κ3) is 5.36. The normalized spacial score (nSPS) is 16.4. The molecule has 1 N–H and O–H groups in total.